The van der Waals surface area contributed by atoms with E-state index in [1.807, 2.05) is 26.0 Å². The first-order chi connectivity index (χ1) is 15.9. The van der Waals surface area contributed by atoms with Gasteiger partial charge in [0.1, 0.15) is 18.2 Å². The topological polar surface area (TPSA) is 56.2 Å². The SMILES string of the molecule is Cc1nn(Cc2ccc(F)cc2)c(C)c1NC(=O)c1cccc(COc2ccc(Cl)cc2)c1. The van der Waals surface area contributed by atoms with Gasteiger partial charge in [0.05, 0.1) is 23.6 Å². The molecule has 0 fully saturated rings. The minimum atomic E-state index is -0.277. The van der Waals surface area contributed by atoms with Crippen LogP contribution in [-0.4, -0.2) is 15.7 Å². The second kappa shape index (κ2) is 9.88. The van der Waals surface area contributed by atoms with E-state index in [1.54, 1.807) is 53.2 Å². The van der Waals surface area contributed by atoms with Crippen molar-refractivity contribution in [3.63, 3.8) is 0 Å². The lowest BCUT2D eigenvalue weighted by Crippen LogP contribution is -2.14. The van der Waals surface area contributed by atoms with Gasteiger partial charge in [-0.25, -0.2) is 4.39 Å². The minimum absolute atomic E-state index is 0.226. The molecular formula is C26H23ClFN3O2. The lowest BCUT2D eigenvalue weighted by Gasteiger charge is -2.10. The minimum Gasteiger partial charge on any atom is -0.489 e. The largest absolute Gasteiger partial charge is 0.489 e. The number of nitrogens with zero attached hydrogens (tertiary/aromatic N) is 2. The number of aromatic nitrogens is 2. The molecule has 0 aliphatic carbocycles. The third-order valence-corrected chi connectivity index (χ3v) is 5.53. The van der Waals surface area contributed by atoms with Crippen LogP contribution in [0.25, 0.3) is 0 Å². The zero-order valence-corrected chi connectivity index (χ0v) is 19.1. The van der Waals surface area contributed by atoms with Crippen molar-refractivity contribution >= 4 is 23.2 Å². The molecule has 7 heteroatoms. The van der Waals surface area contributed by atoms with Gasteiger partial charge in [0.15, 0.2) is 0 Å². The number of anilines is 1. The van der Waals surface area contributed by atoms with Crippen LogP contribution in [0.2, 0.25) is 5.02 Å². The molecule has 0 unspecified atom stereocenters. The van der Waals surface area contributed by atoms with E-state index in [9.17, 15) is 9.18 Å². The summed E-state index contributed by atoms with van der Waals surface area (Å²) in [6.07, 6.45) is 0. The van der Waals surface area contributed by atoms with Crippen molar-refractivity contribution in [2.75, 3.05) is 5.32 Å². The maximum atomic E-state index is 13.2. The van der Waals surface area contributed by atoms with Crippen LogP contribution < -0.4 is 10.1 Å². The number of ether oxygens (including phenoxy) is 1. The molecule has 0 spiro atoms. The Kier molecular flexibility index (Phi) is 6.75. The maximum absolute atomic E-state index is 13.2. The van der Waals surface area contributed by atoms with Gasteiger partial charge in [0.25, 0.3) is 5.91 Å². The fourth-order valence-electron chi connectivity index (χ4n) is 3.48. The summed E-state index contributed by atoms with van der Waals surface area (Å²) in [7, 11) is 0. The van der Waals surface area contributed by atoms with Crippen molar-refractivity contribution in [3.8, 4) is 5.75 Å². The highest BCUT2D eigenvalue weighted by Gasteiger charge is 2.16. The van der Waals surface area contributed by atoms with Crippen LogP contribution in [0, 0.1) is 19.7 Å². The van der Waals surface area contributed by atoms with Gasteiger partial charge in [-0.05, 0) is 73.5 Å². The van der Waals surface area contributed by atoms with Gasteiger partial charge in [-0.3, -0.25) is 9.48 Å². The molecule has 0 saturated heterocycles. The van der Waals surface area contributed by atoms with Gasteiger partial charge < -0.3 is 10.1 Å². The molecule has 4 rings (SSSR count). The number of aryl methyl sites for hydroxylation is 1. The van der Waals surface area contributed by atoms with Crippen molar-refractivity contribution in [3.05, 3.63) is 112 Å². The number of carbonyl (C=O) groups excluding carboxylic acids is 1. The van der Waals surface area contributed by atoms with E-state index < -0.39 is 0 Å². The number of rotatable bonds is 7. The van der Waals surface area contributed by atoms with Crippen LogP contribution in [0.4, 0.5) is 10.1 Å². The summed E-state index contributed by atoms with van der Waals surface area (Å²) in [5.41, 5.74) is 4.53. The smallest absolute Gasteiger partial charge is 0.255 e. The first kappa shape index (κ1) is 22.6. The Labute approximate surface area is 196 Å². The molecule has 0 aliphatic heterocycles. The molecule has 0 aliphatic rings. The average Bonchev–Trinajstić information content (AvgIpc) is 3.07. The molecule has 0 atom stereocenters. The Morgan fingerprint density at radius 3 is 2.48 bits per heavy atom. The monoisotopic (exact) mass is 463 g/mol. The van der Waals surface area contributed by atoms with Crippen LogP contribution in [0.15, 0.2) is 72.8 Å². The Bertz CT molecular complexity index is 1270. The number of nitrogens with one attached hydrogen (secondary N) is 1. The second-order valence-corrected chi connectivity index (χ2v) is 8.16. The van der Waals surface area contributed by atoms with Crippen molar-refractivity contribution in [2.24, 2.45) is 0 Å². The van der Waals surface area contributed by atoms with E-state index in [0.29, 0.717) is 40.9 Å². The summed E-state index contributed by atoms with van der Waals surface area (Å²) in [6, 6.07) is 20.7. The molecule has 168 valence electrons. The highest BCUT2D eigenvalue weighted by molar-refractivity contribution is 6.30. The summed E-state index contributed by atoms with van der Waals surface area (Å²) in [5.74, 6) is 0.200. The fraction of sp³-hybridized carbons (Fsp3) is 0.154. The van der Waals surface area contributed by atoms with Crippen LogP contribution >= 0.6 is 11.6 Å². The summed E-state index contributed by atoms with van der Waals surface area (Å²) < 4.78 is 20.8. The molecule has 1 heterocycles. The highest BCUT2D eigenvalue weighted by atomic mass is 35.5. The Morgan fingerprint density at radius 1 is 1.03 bits per heavy atom. The Morgan fingerprint density at radius 2 is 1.76 bits per heavy atom. The molecule has 1 aromatic heterocycles. The lowest BCUT2D eigenvalue weighted by molar-refractivity contribution is 0.102. The summed E-state index contributed by atoms with van der Waals surface area (Å²) in [6.45, 7) is 4.56. The van der Waals surface area contributed by atoms with E-state index in [2.05, 4.69) is 10.4 Å². The molecule has 3 aromatic carbocycles. The first-order valence-corrected chi connectivity index (χ1v) is 10.8. The predicted molar refractivity (Wildman–Crippen MR) is 127 cm³/mol. The summed E-state index contributed by atoms with van der Waals surface area (Å²) in [5, 5.41) is 8.17. The lowest BCUT2D eigenvalue weighted by atomic mass is 10.1. The summed E-state index contributed by atoms with van der Waals surface area (Å²) >= 11 is 5.90. The first-order valence-electron chi connectivity index (χ1n) is 10.5. The molecule has 0 radical (unpaired) electrons. The van der Waals surface area contributed by atoms with E-state index >= 15 is 0 Å². The van der Waals surface area contributed by atoms with Crippen molar-refractivity contribution in [2.45, 2.75) is 27.0 Å². The van der Waals surface area contributed by atoms with Crippen LogP contribution in [0.1, 0.15) is 32.9 Å². The van der Waals surface area contributed by atoms with Gasteiger partial charge in [-0.1, -0.05) is 35.9 Å². The Hall–Kier alpha value is -3.64. The van der Waals surface area contributed by atoms with Crippen molar-refractivity contribution in [1.82, 2.24) is 9.78 Å². The van der Waals surface area contributed by atoms with E-state index in [4.69, 9.17) is 16.3 Å². The number of hydrogen-bond donors (Lipinski definition) is 1. The molecule has 1 amide bonds. The molecule has 0 saturated carbocycles. The third-order valence-electron chi connectivity index (χ3n) is 5.27. The number of benzene rings is 3. The van der Waals surface area contributed by atoms with Crippen LogP contribution in [0.5, 0.6) is 5.75 Å². The molecular weight excluding hydrogens is 441 g/mol. The van der Waals surface area contributed by atoms with Gasteiger partial charge >= 0.3 is 0 Å². The van der Waals surface area contributed by atoms with Crippen molar-refractivity contribution < 1.29 is 13.9 Å². The third kappa shape index (κ3) is 5.59. The second-order valence-electron chi connectivity index (χ2n) is 7.73. The molecule has 4 aromatic rings. The number of amides is 1. The Balaban J connectivity index is 1.44. The number of hydrogen-bond acceptors (Lipinski definition) is 3. The average molecular weight is 464 g/mol. The van der Waals surface area contributed by atoms with E-state index in [0.717, 1.165) is 16.8 Å². The quantitative estimate of drug-likeness (QED) is 0.356. The van der Waals surface area contributed by atoms with Gasteiger partial charge in [-0.2, -0.15) is 5.10 Å². The van der Waals surface area contributed by atoms with Gasteiger partial charge in [0, 0.05) is 10.6 Å². The van der Waals surface area contributed by atoms with E-state index in [-0.39, 0.29) is 11.7 Å². The van der Waals surface area contributed by atoms with E-state index in [1.165, 1.54) is 12.1 Å². The highest BCUT2D eigenvalue weighted by Crippen LogP contribution is 2.22. The standard InChI is InChI=1S/C26H23ClFN3O2/c1-17-25(18(2)31(30-17)15-19-6-10-23(28)11-7-19)29-26(32)21-5-3-4-20(14-21)16-33-24-12-8-22(27)9-13-24/h3-14H,15-16H2,1-2H3,(H,29,32). The normalized spacial score (nSPS) is 10.8. The molecule has 0 bridgehead atoms. The summed E-state index contributed by atoms with van der Waals surface area (Å²) in [4.78, 5) is 12.9. The van der Waals surface area contributed by atoms with Crippen molar-refractivity contribution in [1.29, 1.82) is 0 Å². The van der Waals surface area contributed by atoms with Crippen LogP contribution in [-0.2, 0) is 13.2 Å². The predicted octanol–water partition coefficient (Wildman–Crippen LogP) is 6.17. The zero-order valence-electron chi connectivity index (χ0n) is 18.3. The molecule has 5 nitrogen and oxygen atoms in total. The zero-order chi connectivity index (χ0) is 23.4. The number of halogens is 2. The maximum Gasteiger partial charge on any atom is 0.255 e. The molecule has 1 N–H and O–H groups in total. The fourth-order valence-corrected chi connectivity index (χ4v) is 3.61. The van der Waals surface area contributed by atoms with Gasteiger partial charge in [0.2, 0.25) is 0 Å². The molecule has 33 heavy (non-hydrogen) atoms. The van der Waals surface area contributed by atoms with Crippen LogP contribution in [0.3, 0.4) is 0 Å². The number of carbonyl (C=O) groups is 1. The van der Waals surface area contributed by atoms with Gasteiger partial charge in [-0.15, -0.1) is 0 Å².